The van der Waals surface area contributed by atoms with Gasteiger partial charge in [-0.25, -0.2) is 0 Å². The van der Waals surface area contributed by atoms with Crippen molar-refractivity contribution in [3.63, 3.8) is 0 Å². The Labute approximate surface area is 90.5 Å². The van der Waals surface area contributed by atoms with Crippen LogP contribution in [0.4, 0.5) is 0 Å². The zero-order chi connectivity index (χ0) is 15.1. The summed E-state index contributed by atoms with van der Waals surface area (Å²) >= 11 is 11.1. The van der Waals surface area contributed by atoms with Crippen molar-refractivity contribution in [2.24, 2.45) is 0 Å². The molecule has 0 fully saturated rings. The standard InChI is InChI=1S/C7H8Cl2N2O/c1-4(2)12-7-10-5(8)3-6(9)11-7/h3-4H,1-2H3/i1D3,2D3,4D. The minimum absolute atomic E-state index is 0.173. The quantitative estimate of drug-likeness (QED) is 0.709. The lowest BCUT2D eigenvalue weighted by molar-refractivity contribution is 0.222. The molecule has 3 nitrogen and oxygen atoms in total. The molecule has 0 saturated heterocycles. The van der Waals surface area contributed by atoms with Gasteiger partial charge in [-0.05, 0) is 13.7 Å². The van der Waals surface area contributed by atoms with Crippen molar-refractivity contribution < 1.29 is 14.3 Å². The number of ether oxygens (including phenoxy) is 1. The molecule has 1 rings (SSSR count). The van der Waals surface area contributed by atoms with E-state index in [4.69, 9.17) is 32.8 Å². The first kappa shape index (κ1) is 3.68. The largest absolute Gasteiger partial charge is 0.461 e. The first-order valence-electron chi connectivity index (χ1n) is 6.26. The summed E-state index contributed by atoms with van der Waals surface area (Å²) in [4.78, 5) is 6.95. The van der Waals surface area contributed by atoms with Crippen molar-refractivity contribution in [1.29, 1.82) is 0 Å². The van der Waals surface area contributed by atoms with Gasteiger partial charge in [0, 0.05) is 14.3 Å². The van der Waals surface area contributed by atoms with E-state index in [-0.39, 0.29) is 10.3 Å². The maximum absolute atomic E-state index is 7.59. The van der Waals surface area contributed by atoms with Crippen LogP contribution >= 0.6 is 23.2 Å². The third-order valence-corrected chi connectivity index (χ3v) is 1.22. The number of hydrogen-bond acceptors (Lipinski definition) is 3. The predicted octanol–water partition coefficient (Wildman–Crippen LogP) is 2.57. The first-order valence-corrected chi connectivity index (χ1v) is 3.51. The fourth-order valence-electron chi connectivity index (χ4n) is 0.508. The molecule has 0 amide bonds. The van der Waals surface area contributed by atoms with Gasteiger partial charge in [0.15, 0.2) is 0 Å². The Kier molecular flexibility index (Phi) is 1.20. The highest BCUT2D eigenvalue weighted by atomic mass is 35.5. The van der Waals surface area contributed by atoms with E-state index in [1.165, 1.54) is 0 Å². The molecule has 1 aromatic rings. The zero-order valence-electron chi connectivity index (χ0n) is 12.6. The van der Waals surface area contributed by atoms with Crippen molar-refractivity contribution in [2.75, 3.05) is 0 Å². The van der Waals surface area contributed by atoms with Crippen LogP contribution in [-0.4, -0.2) is 16.0 Å². The molecule has 0 aliphatic heterocycles. The molecular formula is C7H8Cl2N2O. The minimum atomic E-state index is -3.25. The lowest BCUT2D eigenvalue weighted by atomic mass is 10.5. The smallest absolute Gasteiger partial charge is 0.319 e. The molecule has 0 bridgehead atoms. The fraction of sp³-hybridized carbons (Fsp3) is 0.429. The van der Waals surface area contributed by atoms with E-state index in [0.717, 1.165) is 6.07 Å². The summed E-state index contributed by atoms with van der Waals surface area (Å²) in [5.74, 6) is 0. The third-order valence-electron chi connectivity index (χ3n) is 0.836. The Morgan fingerprint density at radius 1 is 1.50 bits per heavy atom. The lowest BCUT2D eigenvalue weighted by Crippen LogP contribution is -2.08. The number of aromatic nitrogens is 2. The summed E-state index contributed by atoms with van der Waals surface area (Å²) in [7, 11) is 0. The molecule has 1 heterocycles. The summed E-state index contributed by atoms with van der Waals surface area (Å²) in [6.07, 6.45) is -3.23. The second-order valence-electron chi connectivity index (χ2n) is 1.73. The van der Waals surface area contributed by atoms with Gasteiger partial charge in [0.1, 0.15) is 10.3 Å². The molecule has 1 aromatic heterocycles. The molecule has 0 aliphatic rings. The number of rotatable bonds is 2. The molecule has 0 saturated carbocycles. The molecule has 12 heavy (non-hydrogen) atoms. The Hall–Kier alpha value is -0.540. The van der Waals surface area contributed by atoms with E-state index >= 15 is 0 Å². The van der Waals surface area contributed by atoms with Gasteiger partial charge in [0.2, 0.25) is 0 Å². The van der Waals surface area contributed by atoms with Crippen LogP contribution < -0.4 is 4.74 Å². The van der Waals surface area contributed by atoms with Crippen molar-refractivity contribution in [1.82, 2.24) is 9.97 Å². The first-order chi connectivity index (χ1) is 8.37. The van der Waals surface area contributed by atoms with Crippen LogP contribution in [0.5, 0.6) is 6.01 Å². The highest BCUT2D eigenvalue weighted by Gasteiger charge is 2.03. The van der Waals surface area contributed by atoms with Crippen LogP contribution in [0.3, 0.4) is 0 Å². The van der Waals surface area contributed by atoms with Crippen molar-refractivity contribution in [3.05, 3.63) is 16.4 Å². The molecule has 5 heteroatoms. The van der Waals surface area contributed by atoms with Crippen LogP contribution in [0.2, 0.25) is 10.3 Å². The Morgan fingerprint density at radius 2 is 2.08 bits per heavy atom. The van der Waals surface area contributed by atoms with E-state index in [2.05, 4.69) is 14.7 Å². The van der Waals surface area contributed by atoms with Crippen molar-refractivity contribution >= 4 is 23.2 Å². The van der Waals surface area contributed by atoms with E-state index in [1.807, 2.05) is 0 Å². The number of nitrogens with zero attached hydrogens (tertiary/aromatic N) is 2. The molecule has 66 valence electrons. The molecular weight excluding hydrogens is 199 g/mol. The number of hydrogen-bond donors (Lipinski definition) is 0. The van der Waals surface area contributed by atoms with Crippen LogP contribution in [0.25, 0.3) is 0 Å². The van der Waals surface area contributed by atoms with Gasteiger partial charge in [-0.15, -0.1) is 0 Å². The monoisotopic (exact) mass is 213 g/mol. The maximum Gasteiger partial charge on any atom is 0.319 e. The highest BCUT2D eigenvalue weighted by molar-refractivity contribution is 6.33. The van der Waals surface area contributed by atoms with E-state index in [0.29, 0.717) is 0 Å². The highest BCUT2D eigenvalue weighted by Crippen LogP contribution is 2.16. The summed E-state index contributed by atoms with van der Waals surface area (Å²) < 4.78 is 55.1. The predicted molar refractivity (Wildman–Crippen MR) is 47.8 cm³/mol. The Morgan fingerprint density at radius 3 is 2.58 bits per heavy atom. The Bertz CT molecular complexity index is 441. The van der Waals surface area contributed by atoms with Gasteiger partial charge in [-0.2, -0.15) is 9.97 Å². The van der Waals surface area contributed by atoms with Crippen LogP contribution in [0.1, 0.15) is 23.3 Å². The van der Waals surface area contributed by atoms with Gasteiger partial charge in [-0.1, -0.05) is 23.2 Å². The molecule has 0 N–H and O–H groups in total. The van der Waals surface area contributed by atoms with Crippen LogP contribution in [0.15, 0.2) is 6.07 Å². The van der Waals surface area contributed by atoms with Crippen molar-refractivity contribution in [2.45, 2.75) is 19.8 Å². The van der Waals surface area contributed by atoms with Gasteiger partial charge in [0.05, 0.1) is 7.45 Å². The summed E-state index contributed by atoms with van der Waals surface area (Å²) in [6, 6.07) is 0.450. The zero-order valence-corrected chi connectivity index (χ0v) is 7.15. The lowest BCUT2D eigenvalue weighted by Gasteiger charge is -2.06. The van der Waals surface area contributed by atoms with Gasteiger partial charge in [0.25, 0.3) is 0 Å². The molecule has 0 spiro atoms. The molecule has 0 aliphatic carbocycles. The second kappa shape index (κ2) is 3.92. The molecule has 0 unspecified atom stereocenters. The SMILES string of the molecule is [2H]C([2H])([2H])C([2H])(Oc1nc(Cl)cc(Cl)n1)C([2H])([2H])[2H]. The van der Waals surface area contributed by atoms with Gasteiger partial charge in [-0.3, -0.25) is 0 Å². The maximum atomic E-state index is 7.59. The summed E-state index contributed by atoms with van der Waals surface area (Å²) in [5, 5.41) is -0.345. The molecule has 0 radical (unpaired) electrons. The minimum Gasteiger partial charge on any atom is -0.461 e. The number of halogens is 2. The van der Waals surface area contributed by atoms with Crippen molar-refractivity contribution in [3.8, 4) is 6.01 Å². The van der Waals surface area contributed by atoms with Gasteiger partial charge < -0.3 is 4.74 Å². The average Bonchev–Trinajstić information content (AvgIpc) is 2.11. The van der Waals surface area contributed by atoms with E-state index in [9.17, 15) is 0 Å². The molecule has 0 atom stereocenters. The fourth-order valence-corrected chi connectivity index (χ4v) is 0.915. The van der Waals surface area contributed by atoms with Gasteiger partial charge >= 0.3 is 6.01 Å². The summed E-state index contributed by atoms with van der Waals surface area (Å²) in [6.45, 7) is -6.51. The summed E-state index contributed by atoms with van der Waals surface area (Å²) in [5.41, 5.74) is 0. The van der Waals surface area contributed by atoms with Crippen LogP contribution in [0, 0.1) is 0 Å². The van der Waals surface area contributed by atoms with E-state index in [1.54, 1.807) is 0 Å². The molecule has 0 aromatic carbocycles. The van der Waals surface area contributed by atoms with Crippen LogP contribution in [-0.2, 0) is 0 Å². The average molecular weight is 214 g/mol. The Balaban J connectivity index is 3.23. The third kappa shape index (κ3) is 2.83. The second-order valence-corrected chi connectivity index (χ2v) is 2.50. The normalized spacial score (nSPS) is 22.0. The topological polar surface area (TPSA) is 35.0 Å². The van der Waals surface area contributed by atoms with E-state index < -0.39 is 25.8 Å².